The molecule has 0 radical (unpaired) electrons. The zero-order chi connectivity index (χ0) is 13.8. The van der Waals surface area contributed by atoms with Crippen molar-refractivity contribution >= 4 is 23.2 Å². The predicted molar refractivity (Wildman–Crippen MR) is 77.9 cm³/mol. The van der Waals surface area contributed by atoms with Crippen LogP contribution in [0.4, 0.5) is 0 Å². The highest BCUT2D eigenvalue weighted by Gasteiger charge is 2.06. The molecule has 0 aliphatic carbocycles. The first-order valence-corrected chi connectivity index (χ1v) is 6.66. The topological polar surface area (TPSA) is 29.5 Å². The van der Waals surface area contributed by atoms with Gasteiger partial charge in [0, 0.05) is 5.02 Å². The van der Waals surface area contributed by atoms with Crippen molar-refractivity contribution in [2.24, 2.45) is 0 Å². The first-order chi connectivity index (χ1) is 9.06. The molecule has 0 aliphatic rings. The molecule has 2 aromatic carbocycles. The molecule has 0 bridgehead atoms. The normalized spacial score (nSPS) is 12.2. The summed E-state index contributed by atoms with van der Waals surface area (Å²) in [5.74, 6) is 0.598. The van der Waals surface area contributed by atoms with Crippen LogP contribution in [0, 0.1) is 0 Å². The van der Waals surface area contributed by atoms with Gasteiger partial charge in [-0.05, 0) is 42.3 Å². The zero-order valence-corrected chi connectivity index (χ0v) is 11.9. The Labute approximate surface area is 122 Å². The first kappa shape index (κ1) is 14.2. The quantitative estimate of drug-likeness (QED) is 0.891. The minimum Gasteiger partial charge on any atom is -0.487 e. The fourth-order valence-corrected chi connectivity index (χ4v) is 2.01. The van der Waals surface area contributed by atoms with E-state index >= 15 is 0 Å². The van der Waals surface area contributed by atoms with Gasteiger partial charge in [-0.3, -0.25) is 0 Å². The Kier molecular flexibility index (Phi) is 4.70. The summed E-state index contributed by atoms with van der Waals surface area (Å²) in [5, 5.41) is 10.7. The van der Waals surface area contributed by atoms with Gasteiger partial charge in [-0.25, -0.2) is 0 Å². The number of benzene rings is 2. The number of hydrogen-bond donors (Lipinski definition) is 1. The summed E-state index contributed by atoms with van der Waals surface area (Å²) in [6.07, 6.45) is -0.539. The molecule has 0 spiro atoms. The van der Waals surface area contributed by atoms with Crippen LogP contribution in [0.3, 0.4) is 0 Å². The molecule has 0 fully saturated rings. The maximum atomic E-state index is 9.46. The van der Waals surface area contributed by atoms with E-state index < -0.39 is 6.10 Å². The lowest BCUT2D eigenvalue weighted by molar-refractivity contribution is 0.199. The highest BCUT2D eigenvalue weighted by Crippen LogP contribution is 2.28. The molecule has 4 heteroatoms. The van der Waals surface area contributed by atoms with Crippen molar-refractivity contribution in [1.29, 1.82) is 0 Å². The smallest absolute Gasteiger partial charge is 0.138 e. The molecular weight excluding hydrogens is 283 g/mol. The number of hydrogen-bond acceptors (Lipinski definition) is 2. The van der Waals surface area contributed by atoms with Gasteiger partial charge in [0.15, 0.2) is 0 Å². The monoisotopic (exact) mass is 296 g/mol. The van der Waals surface area contributed by atoms with Crippen LogP contribution in [-0.2, 0) is 6.61 Å². The highest BCUT2D eigenvalue weighted by atomic mass is 35.5. The minimum absolute atomic E-state index is 0.422. The number of ether oxygens (including phenoxy) is 1. The van der Waals surface area contributed by atoms with Gasteiger partial charge in [0.25, 0.3) is 0 Å². The fourth-order valence-electron chi connectivity index (χ4n) is 1.64. The third-order valence-electron chi connectivity index (χ3n) is 2.75. The van der Waals surface area contributed by atoms with Gasteiger partial charge in [0.05, 0.1) is 11.1 Å². The molecule has 100 valence electrons. The zero-order valence-electron chi connectivity index (χ0n) is 10.4. The average molecular weight is 297 g/mol. The largest absolute Gasteiger partial charge is 0.487 e. The fraction of sp³-hybridized carbons (Fsp3) is 0.200. The van der Waals surface area contributed by atoms with Crippen LogP contribution in [0.2, 0.25) is 10.0 Å². The molecule has 1 atom stereocenters. The second-order valence-electron chi connectivity index (χ2n) is 4.28. The summed E-state index contributed by atoms with van der Waals surface area (Å²) in [7, 11) is 0. The van der Waals surface area contributed by atoms with Crippen LogP contribution >= 0.6 is 23.2 Å². The lowest BCUT2D eigenvalue weighted by atomic mass is 10.1. The van der Waals surface area contributed by atoms with Crippen LogP contribution in [-0.4, -0.2) is 5.11 Å². The summed E-state index contributed by atoms with van der Waals surface area (Å²) in [5.41, 5.74) is 1.78. The summed E-state index contributed by atoms with van der Waals surface area (Å²) >= 11 is 11.9. The Bertz CT molecular complexity index is 551. The second-order valence-corrected chi connectivity index (χ2v) is 5.12. The number of aliphatic hydroxyl groups is 1. The minimum atomic E-state index is -0.539. The summed E-state index contributed by atoms with van der Waals surface area (Å²) in [6.45, 7) is 2.12. The maximum Gasteiger partial charge on any atom is 0.138 e. The average Bonchev–Trinajstić information content (AvgIpc) is 2.39. The third kappa shape index (κ3) is 3.87. The van der Waals surface area contributed by atoms with E-state index in [4.69, 9.17) is 27.9 Å². The Balaban J connectivity index is 2.05. The molecular formula is C15H14Cl2O2. The SMILES string of the molecule is C[C@@H](O)c1ccc(OCc2ccc(Cl)cc2)c(Cl)c1. The molecule has 0 unspecified atom stereocenters. The predicted octanol–water partition coefficient (Wildman–Crippen LogP) is 4.63. The molecule has 0 heterocycles. The summed E-state index contributed by atoms with van der Waals surface area (Å²) in [6, 6.07) is 12.7. The van der Waals surface area contributed by atoms with E-state index in [0.29, 0.717) is 22.4 Å². The van der Waals surface area contributed by atoms with Gasteiger partial charge in [0.2, 0.25) is 0 Å². The molecule has 1 N–H and O–H groups in total. The molecule has 0 saturated heterocycles. The van der Waals surface area contributed by atoms with E-state index in [1.807, 2.05) is 24.3 Å². The molecule has 2 nitrogen and oxygen atoms in total. The molecule has 19 heavy (non-hydrogen) atoms. The van der Waals surface area contributed by atoms with Gasteiger partial charge in [-0.15, -0.1) is 0 Å². The van der Waals surface area contributed by atoms with Gasteiger partial charge in [0.1, 0.15) is 12.4 Å². The summed E-state index contributed by atoms with van der Waals surface area (Å²) in [4.78, 5) is 0. The molecule has 0 aromatic heterocycles. The summed E-state index contributed by atoms with van der Waals surface area (Å²) < 4.78 is 5.64. The Hall–Kier alpha value is -1.22. The lowest BCUT2D eigenvalue weighted by Crippen LogP contribution is -1.97. The maximum absolute atomic E-state index is 9.46. The Morgan fingerprint density at radius 2 is 1.79 bits per heavy atom. The molecule has 0 saturated carbocycles. The molecule has 2 rings (SSSR count). The van der Waals surface area contributed by atoms with Gasteiger partial charge in [-0.2, -0.15) is 0 Å². The second kappa shape index (κ2) is 6.29. The van der Waals surface area contributed by atoms with Crippen molar-refractivity contribution < 1.29 is 9.84 Å². The first-order valence-electron chi connectivity index (χ1n) is 5.91. The Morgan fingerprint density at radius 1 is 1.11 bits per heavy atom. The number of halogens is 2. The number of aliphatic hydroxyl groups excluding tert-OH is 1. The third-order valence-corrected chi connectivity index (χ3v) is 3.29. The van der Waals surface area contributed by atoms with Crippen molar-refractivity contribution in [2.75, 3.05) is 0 Å². The van der Waals surface area contributed by atoms with E-state index in [9.17, 15) is 5.11 Å². The van der Waals surface area contributed by atoms with E-state index in [-0.39, 0.29) is 0 Å². The Morgan fingerprint density at radius 3 is 2.37 bits per heavy atom. The van der Waals surface area contributed by atoms with Crippen LogP contribution in [0.25, 0.3) is 0 Å². The lowest BCUT2D eigenvalue weighted by Gasteiger charge is -2.11. The van der Waals surface area contributed by atoms with E-state index in [1.54, 1.807) is 25.1 Å². The number of rotatable bonds is 4. The van der Waals surface area contributed by atoms with Crippen molar-refractivity contribution in [2.45, 2.75) is 19.6 Å². The van der Waals surface area contributed by atoms with Crippen LogP contribution in [0.15, 0.2) is 42.5 Å². The van der Waals surface area contributed by atoms with Crippen molar-refractivity contribution in [1.82, 2.24) is 0 Å². The van der Waals surface area contributed by atoms with Gasteiger partial charge in [-0.1, -0.05) is 41.4 Å². The van der Waals surface area contributed by atoms with E-state index in [2.05, 4.69) is 0 Å². The molecule has 0 aliphatic heterocycles. The molecule has 2 aromatic rings. The highest BCUT2D eigenvalue weighted by molar-refractivity contribution is 6.32. The van der Waals surface area contributed by atoms with Crippen LogP contribution < -0.4 is 4.74 Å². The van der Waals surface area contributed by atoms with Crippen LogP contribution in [0.5, 0.6) is 5.75 Å². The molecule has 0 amide bonds. The standard InChI is InChI=1S/C15H14Cl2O2/c1-10(18)12-4-7-15(14(17)8-12)19-9-11-2-5-13(16)6-3-11/h2-8,10,18H,9H2,1H3/t10-/m1/s1. The van der Waals surface area contributed by atoms with Crippen LogP contribution in [0.1, 0.15) is 24.2 Å². The van der Waals surface area contributed by atoms with E-state index in [0.717, 1.165) is 11.1 Å². The van der Waals surface area contributed by atoms with Crippen molar-refractivity contribution in [3.05, 3.63) is 63.6 Å². The van der Waals surface area contributed by atoms with Gasteiger partial charge >= 0.3 is 0 Å². The van der Waals surface area contributed by atoms with Gasteiger partial charge < -0.3 is 9.84 Å². The van der Waals surface area contributed by atoms with Crippen molar-refractivity contribution in [3.8, 4) is 5.75 Å². The van der Waals surface area contributed by atoms with E-state index in [1.165, 1.54) is 0 Å². The van der Waals surface area contributed by atoms with Crippen molar-refractivity contribution in [3.63, 3.8) is 0 Å².